The van der Waals surface area contributed by atoms with Gasteiger partial charge in [-0.3, -0.25) is 0 Å². The Bertz CT molecular complexity index is 109. The van der Waals surface area contributed by atoms with Crippen molar-refractivity contribution in [3.63, 3.8) is 0 Å². The number of nitrogens with one attached hydrogen (secondary N) is 1. The van der Waals surface area contributed by atoms with E-state index < -0.39 is 0 Å². The normalized spacial score (nSPS) is 13.6. The highest BCUT2D eigenvalue weighted by molar-refractivity contribution is 9.09. The summed E-state index contributed by atoms with van der Waals surface area (Å²) in [5, 5.41) is 4.35. The van der Waals surface area contributed by atoms with E-state index in [1.807, 2.05) is 0 Å². The molecule has 80 valence electrons. The zero-order valence-electron chi connectivity index (χ0n) is 8.98. The topological polar surface area (TPSA) is 21.3 Å². The summed E-state index contributed by atoms with van der Waals surface area (Å²) in [4.78, 5) is 0. The SMILES string of the molecule is CC(C)CCOCCNC(C)CBr. The van der Waals surface area contributed by atoms with Crippen molar-refractivity contribution in [3.05, 3.63) is 0 Å². The third-order valence-corrected chi connectivity index (χ3v) is 2.78. The number of hydrogen-bond donors (Lipinski definition) is 1. The molecule has 0 saturated heterocycles. The minimum atomic E-state index is 0.536. The first kappa shape index (κ1) is 13.4. The minimum absolute atomic E-state index is 0.536. The molecule has 0 radical (unpaired) electrons. The fourth-order valence-corrected chi connectivity index (χ4v) is 1.08. The van der Waals surface area contributed by atoms with E-state index in [-0.39, 0.29) is 0 Å². The van der Waals surface area contributed by atoms with Gasteiger partial charge in [0, 0.05) is 24.5 Å². The molecule has 0 aliphatic rings. The minimum Gasteiger partial charge on any atom is -0.380 e. The van der Waals surface area contributed by atoms with E-state index in [9.17, 15) is 0 Å². The molecule has 0 aromatic rings. The Kier molecular flexibility index (Phi) is 9.25. The van der Waals surface area contributed by atoms with Crippen LogP contribution in [0.1, 0.15) is 27.2 Å². The fourth-order valence-electron chi connectivity index (χ4n) is 0.853. The smallest absolute Gasteiger partial charge is 0.0591 e. The van der Waals surface area contributed by atoms with E-state index in [0.717, 1.165) is 37.4 Å². The maximum absolute atomic E-state index is 5.46. The molecule has 0 heterocycles. The predicted molar refractivity (Wildman–Crippen MR) is 61.5 cm³/mol. The summed E-state index contributed by atoms with van der Waals surface area (Å²) >= 11 is 3.41. The van der Waals surface area contributed by atoms with Gasteiger partial charge in [0.05, 0.1) is 6.61 Å². The van der Waals surface area contributed by atoms with Gasteiger partial charge in [-0.2, -0.15) is 0 Å². The molecule has 1 N–H and O–H groups in total. The van der Waals surface area contributed by atoms with Crippen molar-refractivity contribution in [2.75, 3.05) is 25.1 Å². The first-order chi connectivity index (χ1) is 6.16. The van der Waals surface area contributed by atoms with Gasteiger partial charge in [0.15, 0.2) is 0 Å². The van der Waals surface area contributed by atoms with Crippen LogP contribution in [0.25, 0.3) is 0 Å². The number of halogens is 1. The predicted octanol–water partition coefficient (Wildman–Crippen LogP) is 2.42. The zero-order chi connectivity index (χ0) is 10.1. The van der Waals surface area contributed by atoms with Crippen LogP contribution in [0.4, 0.5) is 0 Å². The van der Waals surface area contributed by atoms with Crippen LogP contribution >= 0.6 is 15.9 Å². The van der Waals surface area contributed by atoms with Crippen LogP contribution in [0.2, 0.25) is 0 Å². The summed E-state index contributed by atoms with van der Waals surface area (Å²) in [5.41, 5.74) is 0. The lowest BCUT2D eigenvalue weighted by Crippen LogP contribution is -2.30. The summed E-state index contributed by atoms with van der Waals surface area (Å²) < 4.78 is 5.46. The molecule has 1 unspecified atom stereocenters. The van der Waals surface area contributed by atoms with E-state index in [4.69, 9.17) is 4.74 Å². The summed E-state index contributed by atoms with van der Waals surface area (Å²) in [6, 6.07) is 0.536. The Morgan fingerprint density at radius 1 is 1.23 bits per heavy atom. The average molecular weight is 252 g/mol. The molecule has 0 bridgehead atoms. The maximum Gasteiger partial charge on any atom is 0.0591 e. The van der Waals surface area contributed by atoms with Gasteiger partial charge in [0.2, 0.25) is 0 Å². The zero-order valence-corrected chi connectivity index (χ0v) is 10.6. The van der Waals surface area contributed by atoms with Gasteiger partial charge in [-0.05, 0) is 19.3 Å². The number of alkyl halides is 1. The lowest BCUT2D eigenvalue weighted by atomic mass is 10.1. The van der Waals surface area contributed by atoms with Gasteiger partial charge in [-0.1, -0.05) is 29.8 Å². The van der Waals surface area contributed by atoms with Crippen LogP contribution in [-0.2, 0) is 4.74 Å². The molecule has 0 aromatic carbocycles. The molecule has 0 aromatic heterocycles. The van der Waals surface area contributed by atoms with Gasteiger partial charge in [0.25, 0.3) is 0 Å². The first-order valence-electron chi connectivity index (χ1n) is 5.04. The van der Waals surface area contributed by atoms with Crippen molar-refractivity contribution >= 4 is 15.9 Å². The number of hydrogen-bond acceptors (Lipinski definition) is 2. The van der Waals surface area contributed by atoms with E-state index >= 15 is 0 Å². The van der Waals surface area contributed by atoms with Crippen molar-refractivity contribution in [2.24, 2.45) is 5.92 Å². The molecule has 0 saturated carbocycles. The molecule has 0 rings (SSSR count). The van der Waals surface area contributed by atoms with Crippen LogP contribution in [0, 0.1) is 5.92 Å². The van der Waals surface area contributed by atoms with Crippen molar-refractivity contribution < 1.29 is 4.74 Å². The van der Waals surface area contributed by atoms with Crippen LogP contribution in [0.5, 0.6) is 0 Å². The second-order valence-corrected chi connectivity index (χ2v) is 4.45. The van der Waals surface area contributed by atoms with E-state index in [0.29, 0.717) is 6.04 Å². The van der Waals surface area contributed by atoms with Gasteiger partial charge >= 0.3 is 0 Å². The Morgan fingerprint density at radius 2 is 1.92 bits per heavy atom. The second-order valence-electron chi connectivity index (χ2n) is 3.80. The molecular formula is C10H22BrNO. The summed E-state index contributed by atoms with van der Waals surface area (Å²) in [5.74, 6) is 0.745. The van der Waals surface area contributed by atoms with E-state index in [1.54, 1.807) is 0 Å². The number of rotatable bonds is 8. The van der Waals surface area contributed by atoms with Crippen LogP contribution in [0.15, 0.2) is 0 Å². The van der Waals surface area contributed by atoms with Crippen molar-refractivity contribution in [3.8, 4) is 0 Å². The summed E-state index contributed by atoms with van der Waals surface area (Å²) in [6.07, 6.45) is 1.16. The lowest BCUT2D eigenvalue weighted by molar-refractivity contribution is 0.124. The number of ether oxygens (including phenoxy) is 1. The highest BCUT2D eigenvalue weighted by Crippen LogP contribution is 1.98. The molecule has 0 spiro atoms. The third kappa shape index (κ3) is 10.3. The second kappa shape index (κ2) is 8.97. The van der Waals surface area contributed by atoms with Gasteiger partial charge in [0.1, 0.15) is 0 Å². The van der Waals surface area contributed by atoms with Gasteiger partial charge < -0.3 is 10.1 Å². The molecule has 0 aliphatic heterocycles. The van der Waals surface area contributed by atoms with Crippen LogP contribution in [0.3, 0.4) is 0 Å². The largest absolute Gasteiger partial charge is 0.380 e. The standard InChI is InChI=1S/C10H22BrNO/c1-9(2)4-6-13-7-5-12-10(3)8-11/h9-10,12H,4-8H2,1-3H3. The lowest BCUT2D eigenvalue weighted by Gasteiger charge is -2.11. The average Bonchev–Trinajstić information content (AvgIpc) is 2.10. The molecule has 0 amide bonds. The Hall–Kier alpha value is 0.400. The fraction of sp³-hybridized carbons (Fsp3) is 1.00. The molecule has 2 nitrogen and oxygen atoms in total. The van der Waals surface area contributed by atoms with Gasteiger partial charge in [-0.25, -0.2) is 0 Å². The Balaban J connectivity index is 2.99. The van der Waals surface area contributed by atoms with E-state index in [2.05, 4.69) is 42.0 Å². The Morgan fingerprint density at radius 3 is 2.46 bits per heavy atom. The van der Waals surface area contributed by atoms with E-state index in [1.165, 1.54) is 0 Å². The van der Waals surface area contributed by atoms with Crippen molar-refractivity contribution in [2.45, 2.75) is 33.2 Å². The molecule has 1 atom stereocenters. The van der Waals surface area contributed by atoms with Crippen LogP contribution in [-0.4, -0.2) is 31.1 Å². The molecular weight excluding hydrogens is 230 g/mol. The van der Waals surface area contributed by atoms with Crippen molar-refractivity contribution in [1.82, 2.24) is 5.32 Å². The summed E-state index contributed by atoms with van der Waals surface area (Å²) in [7, 11) is 0. The highest BCUT2D eigenvalue weighted by atomic mass is 79.9. The van der Waals surface area contributed by atoms with Gasteiger partial charge in [-0.15, -0.1) is 0 Å². The summed E-state index contributed by atoms with van der Waals surface area (Å²) in [6.45, 7) is 9.25. The molecule has 0 aliphatic carbocycles. The van der Waals surface area contributed by atoms with Crippen molar-refractivity contribution in [1.29, 1.82) is 0 Å². The third-order valence-electron chi connectivity index (χ3n) is 1.81. The molecule has 13 heavy (non-hydrogen) atoms. The molecule has 3 heteroatoms. The monoisotopic (exact) mass is 251 g/mol. The highest BCUT2D eigenvalue weighted by Gasteiger charge is 1.97. The maximum atomic E-state index is 5.46. The molecule has 0 fully saturated rings. The Labute approximate surface area is 90.6 Å². The quantitative estimate of drug-likeness (QED) is 0.529. The first-order valence-corrected chi connectivity index (χ1v) is 6.16. The van der Waals surface area contributed by atoms with Crippen LogP contribution < -0.4 is 5.32 Å².